The Bertz CT molecular complexity index is 1410. The molecule has 5 rings (SSSR count). The summed E-state index contributed by atoms with van der Waals surface area (Å²) in [6, 6.07) is 6.99. The van der Waals surface area contributed by atoms with Gasteiger partial charge in [-0.15, -0.1) is 18.3 Å². The molecular formula is C23H18F4N6O4. The number of hydrogen-bond donors (Lipinski definition) is 2. The number of piperidine rings is 1. The second-order valence-corrected chi connectivity index (χ2v) is 8.51. The minimum absolute atomic E-state index is 0.0865. The predicted molar refractivity (Wildman–Crippen MR) is 118 cm³/mol. The highest BCUT2D eigenvalue weighted by Gasteiger charge is 2.39. The molecule has 2 aromatic carbocycles. The van der Waals surface area contributed by atoms with Crippen molar-refractivity contribution in [2.24, 2.45) is 0 Å². The van der Waals surface area contributed by atoms with Gasteiger partial charge in [0.25, 0.3) is 5.91 Å². The summed E-state index contributed by atoms with van der Waals surface area (Å²) in [5.41, 5.74) is 1.67. The Morgan fingerprint density at radius 1 is 1.14 bits per heavy atom. The molecule has 0 radical (unpaired) electrons. The number of anilines is 2. The van der Waals surface area contributed by atoms with Gasteiger partial charge in [-0.3, -0.25) is 19.7 Å². The number of carbonyl (C=O) groups is 3. The first-order valence-electron chi connectivity index (χ1n) is 11.0. The number of hydrogen-bond acceptors (Lipinski definition) is 7. The molecule has 37 heavy (non-hydrogen) atoms. The second-order valence-electron chi connectivity index (χ2n) is 8.51. The van der Waals surface area contributed by atoms with E-state index in [2.05, 4.69) is 25.7 Å². The number of carbonyl (C=O) groups excluding carboxylic acids is 3. The fraction of sp³-hybridized carbons (Fsp3) is 0.261. The Kier molecular flexibility index (Phi) is 6.01. The van der Waals surface area contributed by atoms with Gasteiger partial charge in [0.2, 0.25) is 11.8 Å². The third kappa shape index (κ3) is 5.22. The van der Waals surface area contributed by atoms with Gasteiger partial charge in [0.05, 0.1) is 18.4 Å². The van der Waals surface area contributed by atoms with Crippen molar-refractivity contribution < 1.29 is 36.7 Å². The van der Waals surface area contributed by atoms with Crippen molar-refractivity contribution in [3.05, 3.63) is 65.1 Å². The van der Waals surface area contributed by atoms with Gasteiger partial charge in [0, 0.05) is 24.6 Å². The summed E-state index contributed by atoms with van der Waals surface area (Å²) in [6.07, 6.45) is -3.06. The molecule has 1 fully saturated rings. The van der Waals surface area contributed by atoms with Gasteiger partial charge in [-0.1, -0.05) is 17.3 Å². The first-order valence-corrected chi connectivity index (χ1v) is 11.0. The quantitative estimate of drug-likeness (QED) is 0.381. The predicted octanol–water partition coefficient (Wildman–Crippen LogP) is 2.87. The first-order chi connectivity index (χ1) is 17.6. The highest BCUT2D eigenvalue weighted by molar-refractivity contribution is 6.05. The van der Waals surface area contributed by atoms with Gasteiger partial charge < -0.3 is 15.0 Å². The summed E-state index contributed by atoms with van der Waals surface area (Å²) in [4.78, 5) is 37.9. The number of imide groups is 1. The van der Waals surface area contributed by atoms with Crippen molar-refractivity contribution in [3.63, 3.8) is 0 Å². The van der Waals surface area contributed by atoms with Crippen LogP contribution in [0.5, 0.6) is 5.75 Å². The molecule has 1 saturated heterocycles. The van der Waals surface area contributed by atoms with E-state index >= 15 is 0 Å². The maximum atomic E-state index is 14.1. The Morgan fingerprint density at radius 3 is 2.70 bits per heavy atom. The van der Waals surface area contributed by atoms with Gasteiger partial charge in [-0.2, -0.15) is 0 Å². The van der Waals surface area contributed by atoms with E-state index in [0.717, 1.165) is 23.8 Å². The van der Waals surface area contributed by atoms with Crippen molar-refractivity contribution >= 4 is 29.2 Å². The van der Waals surface area contributed by atoms with Crippen LogP contribution in [-0.4, -0.2) is 50.0 Å². The second kappa shape index (κ2) is 9.19. The normalized spacial score (nSPS) is 17.6. The zero-order valence-electron chi connectivity index (χ0n) is 18.9. The molecule has 1 aromatic heterocycles. The average molecular weight is 518 g/mol. The molecule has 14 heteroatoms. The number of fused-ring (bicyclic) bond motifs is 1. The SMILES string of the molecule is O=C1CCC(N2Cc3cc(Cn4cc(Nc5cc(OC(F)(F)F)ccc5F)nn4)ccc3C2=O)C(=O)N1. The van der Waals surface area contributed by atoms with E-state index in [1.165, 1.54) is 15.8 Å². The number of amides is 3. The molecule has 0 aliphatic carbocycles. The zero-order valence-corrected chi connectivity index (χ0v) is 18.9. The summed E-state index contributed by atoms with van der Waals surface area (Å²) in [7, 11) is 0. The Morgan fingerprint density at radius 2 is 1.95 bits per heavy atom. The lowest BCUT2D eigenvalue weighted by Gasteiger charge is -2.29. The standard InChI is InChI=1S/C23H18F4N6O4/c24-16-4-2-14(37-23(25,26)27)8-17(16)28-19-11-32(31-30-19)9-12-1-3-15-13(7-12)10-33(22(15)36)18-5-6-20(34)29-21(18)35/h1-4,7-8,11,18,28H,5-6,9-10H2,(H,29,34,35). The molecule has 0 bridgehead atoms. The number of rotatable bonds is 6. The van der Waals surface area contributed by atoms with Crippen molar-refractivity contribution in [2.75, 3.05) is 5.32 Å². The largest absolute Gasteiger partial charge is 0.573 e. The van der Waals surface area contributed by atoms with E-state index in [9.17, 15) is 31.9 Å². The van der Waals surface area contributed by atoms with Crippen LogP contribution in [0.2, 0.25) is 0 Å². The Labute approximate surface area is 206 Å². The molecule has 192 valence electrons. The first kappa shape index (κ1) is 24.2. The lowest BCUT2D eigenvalue weighted by molar-refractivity contribution is -0.274. The van der Waals surface area contributed by atoms with Crippen LogP contribution in [0.4, 0.5) is 29.1 Å². The van der Waals surface area contributed by atoms with Crippen LogP contribution < -0.4 is 15.4 Å². The highest BCUT2D eigenvalue weighted by atomic mass is 19.4. The monoisotopic (exact) mass is 518 g/mol. The number of ether oxygens (including phenoxy) is 1. The van der Waals surface area contributed by atoms with Crippen LogP contribution >= 0.6 is 0 Å². The van der Waals surface area contributed by atoms with E-state index in [4.69, 9.17) is 0 Å². The van der Waals surface area contributed by atoms with Crippen molar-refractivity contribution in [1.29, 1.82) is 0 Å². The van der Waals surface area contributed by atoms with Crippen LogP contribution in [0.3, 0.4) is 0 Å². The third-order valence-corrected chi connectivity index (χ3v) is 5.91. The number of alkyl halides is 3. The third-order valence-electron chi connectivity index (χ3n) is 5.91. The van der Waals surface area contributed by atoms with E-state index in [1.54, 1.807) is 18.2 Å². The lowest BCUT2D eigenvalue weighted by atomic mass is 10.0. The van der Waals surface area contributed by atoms with Crippen LogP contribution in [0.1, 0.15) is 34.3 Å². The van der Waals surface area contributed by atoms with Crippen molar-refractivity contribution in [2.45, 2.75) is 38.3 Å². The molecular weight excluding hydrogens is 500 g/mol. The summed E-state index contributed by atoms with van der Waals surface area (Å²) < 4.78 is 56.7. The Hall–Kier alpha value is -4.49. The van der Waals surface area contributed by atoms with Gasteiger partial charge in [-0.05, 0) is 35.7 Å². The Balaban J connectivity index is 1.26. The van der Waals surface area contributed by atoms with Gasteiger partial charge in [-0.25, -0.2) is 9.07 Å². The molecule has 0 saturated carbocycles. The van der Waals surface area contributed by atoms with Crippen LogP contribution in [-0.2, 0) is 22.7 Å². The molecule has 0 spiro atoms. The van der Waals surface area contributed by atoms with Gasteiger partial charge >= 0.3 is 6.36 Å². The van der Waals surface area contributed by atoms with E-state index in [-0.39, 0.29) is 49.3 Å². The fourth-order valence-electron chi connectivity index (χ4n) is 4.28. The molecule has 2 aliphatic heterocycles. The summed E-state index contributed by atoms with van der Waals surface area (Å²) in [6.45, 7) is 0.447. The van der Waals surface area contributed by atoms with Crippen molar-refractivity contribution in [1.82, 2.24) is 25.2 Å². The molecule has 10 nitrogen and oxygen atoms in total. The van der Waals surface area contributed by atoms with Gasteiger partial charge in [0.1, 0.15) is 17.6 Å². The highest BCUT2D eigenvalue weighted by Crippen LogP contribution is 2.30. The lowest BCUT2D eigenvalue weighted by Crippen LogP contribution is -2.52. The summed E-state index contributed by atoms with van der Waals surface area (Å²) >= 11 is 0. The number of aromatic nitrogens is 3. The summed E-state index contributed by atoms with van der Waals surface area (Å²) in [5.74, 6) is -2.46. The zero-order chi connectivity index (χ0) is 26.3. The maximum Gasteiger partial charge on any atom is 0.573 e. The molecule has 1 unspecified atom stereocenters. The maximum absolute atomic E-state index is 14.1. The summed E-state index contributed by atoms with van der Waals surface area (Å²) in [5, 5.41) is 12.6. The number of nitrogens with zero attached hydrogens (tertiary/aromatic N) is 4. The van der Waals surface area contributed by atoms with E-state index < -0.39 is 29.9 Å². The number of nitrogens with one attached hydrogen (secondary N) is 2. The molecule has 3 aromatic rings. The molecule has 3 amide bonds. The molecule has 2 N–H and O–H groups in total. The molecule has 3 heterocycles. The van der Waals surface area contributed by atoms with E-state index in [1.807, 2.05) is 0 Å². The topological polar surface area (TPSA) is 118 Å². The fourth-order valence-corrected chi connectivity index (χ4v) is 4.28. The minimum Gasteiger partial charge on any atom is -0.406 e. The smallest absolute Gasteiger partial charge is 0.406 e. The number of benzene rings is 2. The van der Waals surface area contributed by atoms with Gasteiger partial charge in [0.15, 0.2) is 5.82 Å². The van der Waals surface area contributed by atoms with Crippen molar-refractivity contribution in [3.8, 4) is 5.75 Å². The van der Waals surface area contributed by atoms with Crippen LogP contribution in [0, 0.1) is 5.82 Å². The minimum atomic E-state index is -4.92. The molecule has 2 aliphatic rings. The average Bonchev–Trinajstić information content (AvgIpc) is 3.39. The van der Waals surface area contributed by atoms with Crippen LogP contribution in [0.25, 0.3) is 0 Å². The van der Waals surface area contributed by atoms with E-state index in [0.29, 0.717) is 11.1 Å². The molecule has 1 atom stereocenters. The van der Waals surface area contributed by atoms with Crippen LogP contribution in [0.15, 0.2) is 42.6 Å². The number of halogens is 4.